The van der Waals surface area contributed by atoms with E-state index in [1.807, 2.05) is 24.3 Å². The van der Waals surface area contributed by atoms with E-state index in [2.05, 4.69) is 17.9 Å². The molecule has 0 radical (unpaired) electrons. The largest absolute Gasteiger partial charge is 0.356 e. The van der Waals surface area contributed by atoms with Crippen LogP contribution in [-0.4, -0.2) is 18.1 Å². The minimum Gasteiger partial charge on any atom is -0.356 e. The Kier molecular flexibility index (Phi) is 3.50. The number of aromatic nitrogens is 1. The fourth-order valence-electron chi connectivity index (χ4n) is 2.84. The summed E-state index contributed by atoms with van der Waals surface area (Å²) in [4.78, 5) is 6.98. The second-order valence-corrected chi connectivity index (χ2v) is 5.93. The van der Waals surface area contributed by atoms with Crippen LogP contribution < -0.4 is 4.90 Å². The third-order valence-electron chi connectivity index (χ3n) is 3.86. The van der Waals surface area contributed by atoms with E-state index in [0.717, 1.165) is 29.8 Å². The van der Waals surface area contributed by atoms with Gasteiger partial charge >= 0.3 is 0 Å². The standard InChI is InChI=1S/C16H16ClN3/c1-11-3-2-6-20(10-11)16-7-12(9-18)14-8-13(17)4-5-15(14)19-16/h4-5,7-8,11H,2-3,6,10H2,1H3/t11-/m0/s1. The number of hydrogen-bond acceptors (Lipinski definition) is 3. The van der Waals surface area contributed by atoms with E-state index in [9.17, 15) is 5.26 Å². The fraction of sp³-hybridized carbons (Fsp3) is 0.375. The van der Waals surface area contributed by atoms with E-state index in [1.165, 1.54) is 12.8 Å². The molecule has 20 heavy (non-hydrogen) atoms. The van der Waals surface area contributed by atoms with E-state index in [-0.39, 0.29) is 0 Å². The van der Waals surface area contributed by atoms with Crippen molar-refractivity contribution in [3.05, 3.63) is 34.9 Å². The number of fused-ring (bicyclic) bond motifs is 1. The molecule has 2 aromatic rings. The molecule has 0 saturated carbocycles. The zero-order valence-corrected chi connectivity index (χ0v) is 12.2. The zero-order chi connectivity index (χ0) is 14.1. The summed E-state index contributed by atoms with van der Waals surface area (Å²) in [6.45, 7) is 4.29. The molecule has 0 spiro atoms. The number of rotatable bonds is 1. The molecule has 3 nitrogen and oxygen atoms in total. The lowest BCUT2D eigenvalue weighted by Gasteiger charge is -2.32. The number of nitrogens with zero attached hydrogens (tertiary/aromatic N) is 3. The molecule has 4 heteroatoms. The van der Waals surface area contributed by atoms with Gasteiger partial charge in [-0.3, -0.25) is 0 Å². The Morgan fingerprint density at radius 1 is 1.40 bits per heavy atom. The van der Waals surface area contributed by atoms with Gasteiger partial charge in [-0.25, -0.2) is 4.98 Å². The summed E-state index contributed by atoms with van der Waals surface area (Å²) in [7, 11) is 0. The molecular formula is C16H16ClN3. The maximum atomic E-state index is 9.36. The zero-order valence-electron chi connectivity index (χ0n) is 11.4. The molecule has 0 aliphatic carbocycles. The molecule has 102 valence electrons. The first-order valence-electron chi connectivity index (χ1n) is 6.93. The molecule has 0 bridgehead atoms. The van der Waals surface area contributed by atoms with Crippen LogP contribution in [0.3, 0.4) is 0 Å². The van der Waals surface area contributed by atoms with Crippen molar-refractivity contribution in [1.82, 2.24) is 4.98 Å². The highest BCUT2D eigenvalue weighted by Crippen LogP contribution is 2.27. The molecule has 1 aliphatic rings. The minimum absolute atomic E-state index is 0.634. The Labute approximate surface area is 123 Å². The van der Waals surface area contributed by atoms with Crippen LogP contribution >= 0.6 is 11.6 Å². The second-order valence-electron chi connectivity index (χ2n) is 5.49. The van der Waals surface area contributed by atoms with E-state index < -0.39 is 0 Å². The maximum absolute atomic E-state index is 9.36. The first kappa shape index (κ1) is 13.2. The average Bonchev–Trinajstić information content (AvgIpc) is 2.46. The smallest absolute Gasteiger partial charge is 0.130 e. The van der Waals surface area contributed by atoms with Gasteiger partial charge in [-0.05, 0) is 43.0 Å². The first-order valence-corrected chi connectivity index (χ1v) is 7.30. The van der Waals surface area contributed by atoms with Crippen molar-refractivity contribution in [1.29, 1.82) is 5.26 Å². The molecule has 0 N–H and O–H groups in total. The topological polar surface area (TPSA) is 39.9 Å². The number of nitriles is 1. The van der Waals surface area contributed by atoms with Crippen LogP contribution in [0, 0.1) is 17.2 Å². The van der Waals surface area contributed by atoms with E-state index in [4.69, 9.17) is 16.6 Å². The van der Waals surface area contributed by atoms with Gasteiger partial charge in [-0.2, -0.15) is 5.26 Å². The quantitative estimate of drug-likeness (QED) is 0.795. The van der Waals surface area contributed by atoms with Gasteiger partial charge in [-0.15, -0.1) is 0 Å². The van der Waals surface area contributed by atoms with Crippen LogP contribution in [-0.2, 0) is 0 Å². The Morgan fingerprint density at radius 2 is 2.25 bits per heavy atom. The molecule has 1 aromatic carbocycles. The minimum atomic E-state index is 0.634. The van der Waals surface area contributed by atoms with Crippen LogP contribution in [0.25, 0.3) is 10.9 Å². The van der Waals surface area contributed by atoms with Crippen LogP contribution in [0.2, 0.25) is 5.02 Å². The maximum Gasteiger partial charge on any atom is 0.130 e. The molecular weight excluding hydrogens is 270 g/mol. The number of anilines is 1. The molecule has 1 fully saturated rings. The normalized spacial score (nSPS) is 19.1. The van der Waals surface area contributed by atoms with Crippen LogP contribution in [0.5, 0.6) is 0 Å². The molecule has 0 amide bonds. The summed E-state index contributed by atoms with van der Waals surface area (Å²) >= 11 is 6.01. The van der Waals surface area contributed by atoms with Crippen molar-refractivity contribution >= 4 is 28.3 Å². The van der Waals surface area contributed by atoms with E-state index in [0.29, 0.717) is 16.5 Å². The molecule has 3 rings (SSSR count). The third kappa shape index (κ3) is 2.44. The summed E-state index contributed by atoms with van der Waals surface area (Å²) < 4.78 is 0. The van der Waals surface area contributed by atoms with E-state index in [1.54, 1.807) is 0 Å². The first-order chi connectivity index (χ1) is 9.67. The van der Waals surface area contributed by atoms with Crippen molar-refractivity contribution in [2.75, 3.05) is 18.0 Å². The molecule has 2 heterocycles. The molecule has 0 unspecified atom stereocenters. The van der Waals surface area contributed by atoms with Gasteiger partial charge in [0.2, 0.25) is 0 Å². The Bertz CT molecular complexity index is 690. The predicted octanol–water partition coefficient (Wildman–Crippen LogP) is 4.00. The molecule has 1 saturated heterocycles. The monoisotopic (exact) mass is 285 g/mol. The summed E-state index contributed by atoms with van der Waals surface area (Å²) in [5.41, 5.74) is 1.48. The van der Waals surface area contributed by atoms with Gasteiger partial charge in [0.1, 0.15) is 5.82 Å². The summed E-state index contributed by atoms with van der Waals surface area (Å²) in [5.74, 6) is 1.58. The summed E-state index contributed by atoms with van der Waals surface area (Å²) in [6, 6.07) is 9.66. The lowest BCUT2D eigenvalue weighted by atomic mass is 10.00. The third-order valence-corrected chi connectivity index (χ3v) is 4.09. The van der Waals surface area contributed by atoms with Crippen molar-refractivity contribution in [2.24, 2.45) is 5.92 Å². The molecule has 1 atom stereocenters. The van der Waals surface area contributed by atoms with Crippen LogP contribution in [0.4, 0.5) is 5.82 Å². The van der Waals surface area contributed by atoms with Gasteiger partial charge in [0.25, 0.3) is 0 Å². The van der Waals surface area contributed by atoms with Gasteiger partial charge in [-0.1, -0.05) is 18.5 Å². The number of halogens is 1. The average molecular weight is 286 g/mol. The van der Waals surface area contributed by atoms with Gasteiger partial charge in [0.05, 0.1) is 17.1 Å². The SMILES string of the molecule is C[C@H]1CCCN(c2cc(C#N)c3cc(Cl)ccc3n2)C1. The molecule has 1 aliphatic heterocycles. The van der Waals surface area contributed by atoms with Gasteiger partial charge in [0, 0.05) is 23.5 Å². The summed E-state index contributed by atoms with van der Waals surface area (Å²) in [5, 5.41) is 10.8. The highest BCUT2D eigenvalue weighted by atomic mass is 35.5. The lowest BCUT2D eigenvalue weighted by Crippen LogP contribution is -2.34. The number of pyridine rings is 1. The second kappa shape index (κ2) is 5.30. The molecule has 1 aromatic heterocycles. The number of hydrogen-bond donors (Lipinski definition) is 0. The van der Waals surface area contributed by atoms with Crippen molar-refractivity contribution in [3.63, 3.8) is 0 Å². The Morgan fingerprint density at radius 3 is 3.00 bits per heavy atom. The van der Waals surface area contributed by atoms with Crippen LogP contribution in [0.1, 0.15) is 25.3 Å². The van der Waals surface area contributed by atoms with Crippen molar-refractivity contribution in [2.45, 2.75) is 19.8 Å². The highest BCUT2D eigenvalue weighted by Gasteiger charge is 2.19. The Balaban J connectivity index is 2.09. The van der Waals surface area contributed by atoms with Gasteiger partial charge in [0.15, 0.2) is 0 Å². The van der Waals surface area contributed by atoms with Crippen molar-refractivity contribution < 1.29 is 0 Å². The predicted molar refractivity (Wildman–Crippen MR) is 82.1 cm³/mol. The highest BCUT2D eigenvalue weighted by molar-refractivity contribution is 6.31. The van der Waals surface area contributed by atoms with Crippen LogP contribution in [0.15, 0.2) is 24.3 Å². The number of piperidine rings is 1. The number of benzene rings is 1. The van der Waals surface area contributed by atoms with E-state index >= 15 is 0 Å². The summed E-state index contributed by atoms with van der Waals surface area (Å²) in [6.07, 6.45) is 2.45. The fourth-order valence-corrected chi connectivity index (χ4v) is 3.01. The Hall–Kier alpha value is -1.79. The van der Waals surface area contributed by atoms with Gasteiger partial charge < -0.3 is 4.90 Å². The van der Waals surface area contributed by atoms with Crippen molar-refractivity contribution in [3.8, 4) is 6.07 Å². The lowest BCUT2D eigenvalue weighted by molar-refractivity contribution is 0.445.